The van der Waals surface area contributed by atoms with Gasteiger partial charge in [0.05, 0.1) is 0 Å². The molecule has 0 saturated carbocycles. The van der Waals surface area contributed by atoms with Gasteiger partial charge in [-0.1, -0.05) is 6.92 Å². The smallest absolute Gasteiger partial charge is 0.0468 e. The standard InChI is InChI=1S/C15H25NOS/c1-2-6-16-15(11-14-5-9-18-12-14)10-13-3-7-17-8-4-13/h5,9,12-13,15-16H,2-4,6-8,10-11H2,1H3. The zero-order chi connectivity index (χ0) is 12.6. The van der Waals surface area contributed by atoms with E-state index in [9.17, 15) is 0 Å². The van der Waals surface area contributed by atoms with Gasteiger partial charge >= 0.3 is 0 Å². The van der Waals surface area contributed by atoms with Crippen molar-refractivity contribution in [2.45, 2.75) is 45.1 Å². The lowest BCUT2D eigenvalue weighted by atomic mass is 9.90. The topological polar surface area (TPSA) is 21.3 Å². The van der Waals surface area contributed by atoms with Gasteiger partial charge in [-0.25, -0.2) is 0 Å². The molecule has 1 unspecified atom stereocenters. The lowest BCUT2D eigenvalue weighted by Crippen LogP contribution is -2.35. The molecule has 0 bridgehead atoms. The Labute approximate surface area is 115 Å². The summed E-state index contributed by atoms with van der Waals surface area (Å²) >= 11 is 1.80. The third kappa shape index (κ3) is 4.71. The van der Waals surface area contributed by atoms with Crippen LogP contribution in [0.2, 0.25) is 0 Å². The Morgan fingerprint density at radius 2 is 2.28 bits per heavy atom. The highest BCUT2D eigenvalue weighted by molar-refractivity contribution is 7.07. The molecule has 0 aliphatic carbocycles. The van der Waals surface area contributed by atoms with Crippen LogP contribution < -0.4 is 5.32 Å². The molecule has 1 saturated heterocycles. The molecule has 18 heavy (non-hydrogen) atoms. The molecule has 3 heteroatoms. The second kappa shape index (κ2) is 7.93. The van der Waals surface area contributed by atoms with Gasteiger partial charge in [0.2, 0.25) is 0 Å². The maximum Gasteiger partial charge on any atom is 0.0468 e. The van der Waals surface area contributed by atoms with Crippen molar-refractivity contribution in [3.05, 3.63) is 22.4 Å². The summed E-state index contributed by atoms with van der Waals surface area (Å²) in [5, 5.41) is 8.18. The number of ether oxygens (including phenoxy) is 1. The van der Waals surface area contributed by atoms with E-state index >= 15 is 0 Å². The van der Waals surface area contributed by atoms with E-state index in [1.165, 1.54) is 37.7 Å². The van der Waals surface area contributed by atoms with Crippen molar-refractivity contribution in [2.24, 2.45) is 5.92 Å². The summed E-state index contributed by atoms with van der Waals surface area (Å²) in [5.74, 6) is 0.853. The summed E-state index contributed by atoms with van der Waals surface area (Å²) in [7, 11) is 0. The average molecular weight is 267 g/mol. The number of thiophene rings is 1. The van der Waals surface area contributed by atoms with E-state index in [-0.39, 0.29) is 0 Å². The third-order valence-corrected chi connectivity index (χ3v) is 4.44. The van der Waals surface area contributed by atoms with Crippen LogP contribution in [0.1, 0.15) is 38.2 Å². The van der Waals surface area contributed by atoms with E-state index in [0.29, 0.717) is 6.04 Å². The molecule has 0 aromatic carbocycles. The van der Waals surface area contributed by atoms with Gasteiger partial charge in [-0.3, -0.25) is 0 Å². The van der Waals surface area contributed by atoms with Crippen LogP contribution in [-0.2, 0) is 11.2 Å². The van der Waals surface area contributed by atoms with Gasteiger partial charge in [-0.05, 0) is 67.0 Å². The molecule has 1 aliphatic heterocycles. The van der Waals surface area contributed by atoms with E-state index in [4.69, 9.17) is 4.74 Å². The Hall–Kier alpha value is -0.380. The van der Waals surface area contributed by atoms with Crippen LogP contribution in [-0.4, -0.2) is 25.8 Å². The normalized spacial score (nSPS) is 18.9. The molecule has 0 spiro atoms. The lowest BCUT2D eigenvalue weighted by Gasteiger charge is -2.27. The molecule has 0 radical (unpaired) electrons. The van der Waals surface area contributed by atoms with Crippen molar-refractivity contribution in [1.29, 1.82) is 0 Å². The highest BCUT2D eigenvalue weighted by atomic mass is 32.1. The van der Waals surface area contributed by atoms with Crippen LogP contribution in [0, 0.1) is 5.92 Å². The van der Waals surface area contributed by atoms with E-state index in [1.54, 1.807) is 11.3 Å². The minimum Gasteiger partial charge on any atom is -0.381 e. The van der Waals surface area contributed by atoms with Crippen molar-refractivity contribution in [3.63, 3.8) is 0 Å². The molecule has 102 valence electrons. The van der Waals surface area contributed by atoms with Crippen molar-refractivity contribution in [3.8, 4) is 0 Å². The second-order valence-corrected chi connectivity index (χ2v) is 6.06. The number of hydrogen-bond donors (Lipinski definition) is 1. The molecule has 1 atom stereocenters. The van der Waals surface area contributed by atoms with Gasteiger partial charge in [0, 0.05) is 19.3 Å². The summed E-state index contributed by atoms with van der Waals surface area (Å²) in [6.07, 6.45) is 6.19. The summed E-state index contributed by atoms with van der Waals surface area (Å²) < 4.78 is 5.45. The Morgan fingerprint density at radius 3 is 2.94 bits per heavy atom. The SMILES string of the molecule is CCCNC(Cc1ccsc1)CC1CCOCC1. The molecule has 2 rings (SSSR count). The van der Waals surface area contributed by atoms with E-state index in [2.05, 4.69) is 29.1 Å². The van der Waals surface area contributed by atoms with Gasteiger partial charge < -0.3 is 10.1 Å². The molecule has 2 heterocycles. The van der Waals surface area contributed by atoms with Gasteiger partial charge in [0.15, 0.2) is 0 Å². The maximum atomic E-state index is 5.45. The molecular formula is C15H25NOS. The minimum absolute atomic E-state index is 0.641. The maximum absolute atomic E-state index is 5.45. The summed E-state index contributed by atoms with van der Waals surface area (Å²) in [5.41, 5.74) is 1.49. The molecule has 1 aromatic heterocycles. The first-order valence-electron chi connectivity index (χ1n) is 7.20. The van der Waals surface area contributed by atoms with Crippen LogP contribution in [0.25, 0.3) is 0 Å². The summed E-state index contributed by atoms with van der Waals surface area (Å²) in [6.45, 7) is 5.30. The summed E-state index contributed by atoms with van der Waals surface area (Å²) in [6, 6.07) is 2.90. The fourth-order valence-corrected chi connectivity index (χ4v) is 3.35. The first-order valence-corrected chi connectivity index (χ1v) is 8.15. The third-order valence-electron chi connectivity index (χ3n) is 3.70. The highest BCUT2D eigenvalue weighted by Gasteiger charge is 2.19. The first kappa shape index (κ1) is 14.0. The Kier molecular flexibility index (Phi) is 6.18. The zero-order valence-electron chi connectivity index (χ0n) is 11.4. The predicted molar refractivity (Wildman–Crippen MR) is 78.3 cm³/mol. The Balaban J connectivity index is 1.83. The van der Waals surface area contributed by atoms with E-state index < -0.39 is 0 Å². The van der Waals surface area contributed by atoms with Gasteiger partial charge in [-0.2, -0.15) is 11.3 Å². The van der Waals surface area contributed by atoms with Crippen molar-refractivity contribution < 1.29 is 4.74 Å². The van der Waals surface area contributed by atoms with Crippen molar-refractivity contribution in [2.75, 3.05) is 19.8 Å². The van der Waals surface area contributed by atoms with Crippen molar-refractivity contribution in [1.82, 2.24) is 5.32 Å². The fourth-order valence-electron chi connectivity index (χ4n) is 2.67. The second-order valence-electron chi connectivity index (χ2n) is 5.28. The van der Waals surface area contributed by atoms with Gasteiger partial charge in [0.1, 0.15) is 0 Å². The van der Waals surface area contributed by atoms with Gasteiger partial charge in [-0.15, -0.1) is 0 Å². The molecular weight excluding hydrogens is 242 g/mol. The quantitative estimate of drug-likeness (QED) is 0.816. The largest absolute Gasteiger partial charge is 0.381 e. The Morgan fingerprint density at radius 1 is 1.44 bits per heavy atom. The Bertz CT molecular complexity index is 306. The average Bonchev–Trinajstić information content (AvgIpc) is 2.90. The number of hydrogen-bond acceptors (Lipinski definition) is 3. The number of nitrogens with one attached hydrogen (secondary N) is 1. The molecule has 1 aromatic rings. The molecule has 1 fully saturated rings. The molecule has 0 amide bonds. The van der Waals surface area contributed by atoms with E-state index in [1.807, 2.05) is 0 Å². The van der Waals surface area contributed by atoms with Crippen LogP contribution in [0.3, 0.4) is 0 Å². The van der Waals surface area contributed by atoms with Crippen molar-refractivity contribution >= 4 is 11.3 Å². The van der Waals surface area contributed by atoms with Crippen LogP contribution >= 0.6 is 11.3 Å². The van der Waals surface area contributed by atoms with Gasteiger partial charge in [0.25, 0.3) is 0 Å². The number of rotatable bonds is 7. The zero-order valence-corrected chi connectivity index (χ0v) is 12.2. The highest BCUT2D eigenvalue weighted by Crippen LogP contribution is 2.22. The van der Waals surface area contributed by atoms with Crippen LogP contribution in [0.4, 0.5) is 0 Å². The molecule has 2 nitrogen and oxygen atoms in total. The minimum atomic E-state index is 0.641. The first-order chi connectivity index (χ1) is 8.88. The molecule has 1 N–H and O–H groups in total. The van der Waals surface area contributed by atoms with E-state index in [0.717, 1.165) is 25.7 Å². The predicted octanol–water partition coefficient (Wildman–Crippen LogP) is 3.48. The summed E-state index contributed by atoms with van der Waals surface area (Å²) in [4.78, 5) is 0. The van der Waals surface area contributed by atoms with Crippen LogP contribution in [0.15, 0.2) is 16.8 Å². The monoisotopic (exact) mass is 267 g/mol. The lowest BCUT2D eigenvalue weighted by molar-refractivity contribution is 0.0606. The molecule has 1 aliphatic rings. The van der Waals surface area contributed by atoms with Crippen LogP contribution in [0.5, 0.6) is 0 Å². The fraction of sp³-hybridized carbons (Fsp3) is 0.733.